The molecule has 0 aromatic heterocycles. The summed E-state index contributed by atoms with van der Waals surface area (Å²) in [7, 11) is -3.68. The Balaban J connectivity index is 1.42. The third-order valence-corrected chi connectivity index (χ3v) is 6.46. The maximum absolute atomic E-state index is 12.8. The number of alkyl carbamates (subject to hydrolysis) is 1. The Labute approximate surface area is 216 Å². The average molecular weight is 524 g/mol. The molecular formula is C28H29NO7S. The number of amides is 1. The highest BCUT2D eigenvalue weighted by atomic mass is 32.2. The standard InChI is InChI=1S/C28H29NO7S/c1-18(2)35-27(30)25(19-12-14-20(15-13-19)36-37(3,32)33)16-29-28(31)34-17-26-23-10-6-4-8-21(23)22-9-5-7-11-24(22)26/h4-15,18,25-26H,16-17H2,1-3H3,(H,29,31). The highest BCUT2D eigenvalue weighted by Crippen LogP contribution is 2.44. The molecule has 0 bridgehead atoms. The van der Waals surface area contributed by atoms with Crippen molar-refractivity contribution >= 4 is 22.2 Å². The monoisotopic (exact) mass is 523 g/mol. The molecule has 4 rings (SSSR count). The molecular weight excluding hydrogens is 494 g/mol. The van der Waals surface area contributed by atoms with Crippen LogP contribution in [0, 0.1) is 0 Å². The molecule has 37 heavy (non-hydrogen) atoms. The van der Waals surface area contributed by atoms with Crippen LogP contribution in [0.15, 0.2) is 72.8 Å². The predicted octanol–water partition coefficient (Wildman–Crippen LogP) is 4.60. The Morgan fingerprint density at radius 1 is 0.892 bits per heavy atom. The van der Waals surface area contributed by atoms with Gasteiger partial charge in [0, 0.05) is 12.5 Å². The van der Waals surface area contributed by atoms with E-state index < -0.39 is 28.1 Å². The van der Waals surface area contributed by atoms with Gasteiger partial charge in [-0.25, -0.2) is 4.79 Å². The summed E-state index contributed by atoms with van der Waals surface area (Å²) in [6, 6.07) is 22.1. The van der Waals surface area contributed by atoms with Gasteiger partial charge in [-0.1, -0.05) is 60.7 Å². The molecule has 0 saturated heterocycles. The van der Waals surface area contributed by atoms with Crippen molar-refractivity contribution < 1.29 is 31.7 Å². The van der Waals surface area contributed by atoms with E-state index in [0.717, 1.165) is 28.5 Å². The number of ether oxygens (including phenoxy) is 2. The lowest BCUT2D eigenvalue weighted by atomic mass is 9.98. The molecule has 1 amide bonds. The largest absolute Gasteiger partial charge is 0.462 e. The molecule has 1 atom stereocenters. The number of carbonyl (C=O) groups is 2. The fourth-order valence-electron chi connectivity index (χ4n) is 4.42. The number of esters is 1. The topological polar surface area (TPSA) is 108 Å². The molecule has 0 saturated carbocycles. The summed E-state index contributed by atoms with van der Waals surface area (Å²) in [6.45, 7) is 3.56. The summed E-state index contributed by atoms with van der Waals surface area (Å²) in [5.41, 5.74) is 5.00. The van der Waals surface area contributed by atoms with Gasteiger partial charge in [0.2, 0.25) is 0 Å². The first kappa shape index (κ1) is 26.2. The highest BCUT2D eigenvalue weighted by Gasteiger charge is 2.29. The Bertz CT molecular complexity index is 1340. The van der Waals surface area contributed by atoms with E-state index >= 15 is 0 Å². The second kappa shape index (κ2) is 11.0. The van der Waals surface area contributed by atoms with Gasteiger partial charge in [-0.3, -0.25) is 4.79 Å². The molecule has 1 aliphatic carbocycles. The minimum Gasteiger partial charge on any atom is -0.462 e. The summed E-state index contributed by atoms with van der Waals surface area (Å²) in [4.78, 5) is 25.4. The predicted molar refractivity (Wildman–Crippen MR) is 139 cm³/mol. The Morgan fingerprint density at radius 2 is 1.46 bits per heavy atom. The number of hydrogen-bond acceptors (Lipinski definition) is 7. The summed E-state index contributed by atoms with van der Waals surface area (Å²) in [6.07, 6.45) is -0.0549. The van der Waals surface area contributed by atoms with Crippen molar-refractivity contribution in [3.63, 3.8) is 0 Å². The lowest BCUT2D eigenvalue weighted by Gasteiger charge is -2.20. The van der Waals surface area contributed by atoms with Crippen molar-refractivity contribution in [3.05, 3.63) is 89.5 Å². The van der Waals surface area contributed by atoms with E-state index in [1.165, 1.54) is 12.1 Å². The zero-order valence-electron chi connectivity index (χ0n) is 20.8. The first-order chi connectivity index (χ1) is 17.6. The summed E-state index contributed by atoms with van der Waals surface area (Å²) < 4.78 is 38.5. The number of hydrogen-bond donors (Lipinski definition) is 1. The maximum atomic E-state index is 12.8. The van der Waals surface area contributed by atoms with Crippen LogP contribution >= 0.6 is 0 Å². The van der Waals surface area contributed by atoms with E-state index in [1.54, 1.807) is 26.0 Å². The van der Waals surface area contributed by atoms with Crippen molar-refractivity contribution in [1.82, 2.24) is 5.32 Å². The third-order valence-electron chi connectivity index (χ3n) is 5.96. The molecule has 3 aromatic carbocycles. The fourth-order valence-corrected chi connectivity index (χ4v) is 4.88. The van der Waals surface area contributed by atoms with Gasteiger partial charge in [0.1, 0.15) is 12.4 Å². The highest BCUT2D eigenvalue weighted by molar-refractivity contribution is 7.86. The van der Waals surface area contributed by atoms with Crippen LogP contribution in [0.25, 0.3) is 11.1 Å². The van der Waals surface area contributed by atoms with Crippen LogP contribution in [0.5, 0.6) is 5.75 Å². The summed E-state index contributed by atoms with van der Waals surface area (Å²) >= 11 is 0. The van der Waals surface area contributed by atoms with E-state index in [4.69, 9.17) is 13.7 Å². The van der Waals surface area contributed by atoms with Crippen molar-refractivity contribution in [3.8, 4) is 16.9 Å². The molecule has 0 radical (unpaired) electrons. The SMILES string of the molecule is CC(C)OC(=O)C(CNC(=O)OCC1c2ccccc2-c2ccccc21)c1ccc(OS(C)(=O)=O)cc1. The van der Waals surface area contributed by atoms with Crippen molar-refractivity contribution in [2.45, 2.75) is 31.8 Å². The van der Waals surface area contributed by atoms with Crippen LogP contribution in [-0.2, 0) is 24.4 Å². The third kappa shape index (κ3) is 6.48. The summed E-state index contributed by atoms with van der Waals surface area (Å²) in [5, 5.41) is 2.67. The smallest absolute Gasteiger partial charge is 0.407 e. The normalized spacial score (nSPS) is 13.4. The van der Waals surface area contributed by atoms with Gasteiger partial charge < -0.3 is 19.0 Å². The van der Waals surface area contributed by atoms with Crippen LogP contribution in [0.4, 0.5) is 4.79 Å². The van der Waals surface area contributed by atoms with Crippen LogP contribution in [0.3, 0.4) is 0 Å². The average Bonchev–Trinajstić information content (AvgIpc) is 3.16. The molecule has 1 aliphatic rings. The number of nitrogens with one attached hydrogen (secondary N) is 1. The molecule has 1 unspecified atom stereocenters. The minimum absolute atomic E-state index is 0.0610. The van der Waals surface area contributed by atoms with Crippen LogP contribution in [-0.4, -0.2) is 46.0 Å². The second-order valence-corrected chi connectivity index (χ2v) is 10.7. The van der Waals surface area contributed by atoms with Crippen LogP contribution in [0.1, 0.15) is 42.4 Å². The summed E-state index contributed by atoms with van der Waals surface area (Å²) in [5.74, 6) is -1.31. The molecule has 9 heteroatoms. The van der Waals surface area contributed by atoms with E-state index in [-0.39, 0.29) is 30.9 Å². The van der Waals surface area contributed by atoms with Gasteiger partial charge >= 0.3 is 22.2 Å². The minimum atomic E-state index is -3.68. The van der Waals surface area contributed by atoms with Gasteiger partial charge in [0.05, 0.1) is 18.3 Å². The van der Waals surface area contributed by atoms with Gasteiger partial charge in [-0.15, -0.1) is 0 Å². The molecule has 3 aromatic rings. The van der Waals surface area contributed by atoms with E-state index in [2.05, 4.69) is 17.4 Å². The van der Waals surface area contributed by atoms with Crippen LogP contribution in [0.2, 0.25) is 0 Å². The molecule has 8 nitrogen and oxygen atoms in total. The molecule has 0 spiro atoms. The van der Waals surface area contributed by atoms with Gasteiger partial charge in [0.25, 0.3) is 0 Å². The quantitative estimate of drug-likeness (QED) is 0.323. The number of rotatable bonds is 9. The number of carbonyl (C=O) groups excluding carboxylic acids is 2. The lowest BCUT2D eigenvalue weighted by molar-refractivity contribution is -0.149. The van der Waals surface area contributed by atoms with Crippen molar-refractivity contribution in [2.24, 2.45) is 0 Å². The van der Waals surface area contributed by atoms with Gasteiger partial charge in [-0.2, -0.15) is 8.42 Å². The lowest BCUT2D eigenvalue weighted by Crippen LogP contribution is -2.34. The number of benzene rings is 3. The Morgan fingerprint density at radius 3 is 2.00 bits per heavy atom. The van der Waals surface area contributed by atoms with E-state index in [1.807, 2.05) is 36.4 Å². The zero-order chi connectivity index (χ0) is 26.6. The molecule has 1 N–H and O–H groups in total. The first-order valence-electron chi connectivity index (χ1n) is 11.9. The van der Waals surface area contributed by atoms with E-state index in [0.29, 0.717) is 5.56 Å². The van der Waals surface area contributed by atoms with Crippen molar-refractivity contribution in [2.75, 3.05) is 19.4 Å². The molecule has 0 heterocycles. The maximum Gasteiger partial charge on any atom is 0.407 e. The zero-order valence-corrected chi connectivity index (χ0v) is 21.7. The second-order valence-electron chi connectivity index (χ2n) is 9.10. The Hall–Kier alpha value is -3.85. The molecule has 0 fully saturated rings. The fraction of sp³-hybridized carbons (Fsp3) is 0.286. The van der Waals surface area contributed by atoms with E-state index in [9.17, 15) is 18.0 Å². The van der Waals surface area contributed by atoms with Gasteiger partial charge in [-0.05, 0) is 53.8 Å². The van der Waals surface area contributed by atoms with Crippen LogP contribution < -0.4 is 9.50 Å². The molecule has 194 valence electrons. The first-order valence-corrected chi connectivity index (χ1v) is 13.7. The van der Waals surface area contributed by atoms with Crippen molar-refractivity contribution in [1.29, 1.82) is 0 Å². The number of fused-ring (bicyclic) bond motifs is 3. The Kier molecular flexibility index (Phi) is 7.83. The molecule has 0 aliphatic heterocycles. The van der Waals surface area contributed by atoms with Gasteiger partial charge in [0.15, 0.2) is 0 Å².